The van der Waals surface area contributed by atoms with Gasteiger partial charge in [-0.25, -0.2) is 8.42 Å². The van der Waals surface area contributed by atoms with Crippen molar-refractivity contribution in [2.45, 2.75) is 76.3 Å². The molecule has 0 bridgehead atoms. The molecule has 1 fully saturated rings. The molecule has 1 unspecified atom stereocenters. The molecule has 2 aliphatic heterocycles. The Morgan fingerprint density at radius 3 is 2.56 bits per heavy atom. The number of sulfonamides is 1. The van der Waals surface area contributed by atoms with E-state index in [0.29, 0.717) is 50.3 Å². The molecule has 2 heterocycles. The highest BCUT2D eigenvalue weighted by molar-refractivity contribution is 7.89. The Balaban J connectivity index is 1.76. The summed E-state index contributed by atoms with van der Waals surface area (Å²) < 4.78 is 33.2. The SMILES string of the molecule is CCC(=O)N1c2ccc(S(=O)(=O)N3CCCCC3)cc2CC1C(=O)NCCCOC(C)C. The molecular weight excluding hydrogens is 430 g/mol. The van der Waals surface area contributed by atoms with E-state index < -0.39 is 16.1 Å². The van der Waals surface area contributed by atoms with Gasteiger partial charge in [-0.2, -0.15) is 4.31 Å². The van der Waals surface area contributed by atoms with Gasteiger partial charge in [-0.15, -0.1) is 0 Å². The number of fused-ring (bicyclic) bond motifs is 1. The van der Waals surface area contributed by atoms with E-state index >= 15 is 0 Å². The second kappa shape index (κ2) is 10.8. The summed E-state index contributed by atoms with van der Waals surface area (Å²) >= 11 is 0. The van der Waals surface area contributed by atoms with Crippen molar-refractivity contribution in [2.75, 3.05) is 31.1 Å². The minimum Gasteiger partial charge on any atom is -0.379 e. The molecule has 3 rings (SSSR count). The molecule has 1 aromatic rings. The Kier molecular flexibility index (Phi) is 8.30. The highest BCUT2D eigenvalue weighted by atomic mass is 32.2. The van der Waals surface area contributed by atoms with Gasteiger partial charge in [0.1, 0.15) is 6.04 Å². The van der Waals surface area contributed by atoms with Crippen LogP contribution in [0.25, 0.3) is 0 Å². The standard InChI is InChI=1S/C23H35N3O5S/c1-4-22(27)26-20-10-9-19(32(29,30)25-12-6-5-7-13-25)15-18(20)16-21(26)23(28)24-11-8-14-31-17(2)3/h9-10,15,17,21H,4-8,11-14,16H2,1-3H3,(H,24,28). The fraction of sp³-hybridized carbons (Fsp3) is 0.652. The molecular formula is C23H35N3O5S. The van der Waals surface area contributed by atoms with E-state index in [-0.39, 0.29) is 29.2 Å². The molecule has 0 saturated carbocycles. The van der Waals surface area contributed by atoms with Gasteiger partial charge in [0.05, 0.1) is 11.0 Å². The molecule has 8 nitrogen and oxygen atoms in total. The van der Waals surface area contributed by atoms with E-state index in [0.717, 1.165) is 19.3 Å². The first-order chi connectivity index (χ1) is 15.3. The molecule has 0 spiro atoms. The van der Waals surface area contributed by atoms with Crippen molar-refractivity contribution in [1.82, 2.24) is 9.62 Å². The molecule has 0 aromatic heterocycles. The molecule has 9 heteroatoms. The minimum atomic E-state index is -3.58. The minimum absolute atomic E-state index is 0.142. The van der Waals surface area contributed by atoms with Crippen LogP contribution in [0, 0.1) is 0 Å². The number of hydrogen-bond acceptors (Lipinski definition) is 5. The molecule has 1 saturated heterocycles. The van der Waals surface area contributed by atoms with Crippen LogP contribution < -0.4 is 10.2 Å². The average molecular weight is 466 g/mol. The van der Waals surface area contributed by atoms with Crippen LogP contribution in [-0.4, -0.2) is 62.9 Å². The largest absolute Gasteiger partial charge is 0.379 e. The van der Waals surface area contributed by atoms with E-state index in [4.69, 9.17) is 4.74 Å². The van der Waals surface area contributed by atoms with E-state index in [1.165, 1.54) is 9.21 Å². The number of hydrogen-bond donors (Lipinski definition) is 1. The summed E-state index contributed by atoms with van der Waals surface area (Å²) in [6, 6.07) is 4.20. The zero-order valence-electron chi connectivity index (χ0n) is 19.3. The van der Waals surface area contributed by atoms with Gasteiger partial charge < -0.3 is 10.1 Å². The maximum absolute atomic E-state index is 13.1. The number of benzene rings is 1. The fourth-order valence-electron chi connectivity index (χ4n) is 4.25. The number of rotatable bonds is 9. The van der Waals surface area contributed by atoms with Crippen molar-refractivity contribution >= 4 is 27.5 Å². The van der Waals surface area contributed by atoms with Crippen molar-refractivity contribution in [2.24, 2.45) is 0 Å². The van der Waals surface area contributed by atoms with Crippen LogP contribution in [0.3, 0.4) is 0 Å². The lowest BCUT2D eigenvalue weighted by Gasteiger charge is -2.26. The number of nitrogens with one attached hydrogen (secondary N) is 1. The number of carbonyl (C=O) groups is 2. The number of carbonyl (C=O) groups excluding carboxylic acids is 2. The molecule has 1 N–H and O–H groups in total. The number of ether oxygens (including phenoxy) is 1. The van der Waals surface area contributed by atoms with Gasteiger partial charge in [-0.1, -0.05) is 13.3 Å². The lowest BCUT2D eigenvalue weighted by atomic mass is 10.1. The van der Waals surface area contributed by atoms with Gasteiger partial charge in [0.2, 0.25) is 21.8 Å². The molecule has 0 aliphatic carbocycles. The van der Waals surface area contributed by atoms with Gasteiger partial charge in [0, 0.05) is 44.8 Å². The summed E-state index contributed by atoms with van der Waals surface area (Å²) in [4.78, 5) is 27.3. The third-order valence-corrected chi connectivity index (χ3v) is 7.83. The first kappa shape index (κ1) is 24.7. The van der Waals surface area contributed by atoms with Crippen molar-refractivity contribution < 1.29 is 22.7 Å². The third-order valence-electron chi connectivity index (χ3n) is 5.93. The second-order valence-electron chi connectivity index (χ2n) is 8.66. The molecule has 1 aromatic carbocycles. The lowest BCUT2D eigenvalue weighted by molar-refractivity contribution is -0.126. The van der Waals surface area contributed by atoms with Crippen LogP contribution in [0.15, 0.2) is 23.1 Å². The highest BCUT2D eigenvalue weighted by Crippen LogP contribution is 2.35. The van der Waals surface area contributed by atoms with Gasteiger partial charge in [0.25, 0.3) is 0 Å². The third kappa shape index (κ3) is 5.50. The van der Waals surface area contributed by atoms with E-state index in [1.807, 2.05) is 13.8 Å². The van der Waals surface area contributed by atoms with Crippen molar-refractivity contribution in [3.8, 4) is 0 Å². The number of amides is 2. The summed E-state index contributed by atoms with van der Waals surface area (Å²) in [6.45, 7) is 7.76. The Labute approximate surface area is 191 Å². The lowest BCUT2D eigenvalue weighted by Crippen LogP contribution is -2.48. The maximum Gasteiger partial charge on any atom is 0.243 e. The first-order valence-electron chi connectivity index (χ1n) is 11.6. The van der Waals surface area contributed by atoms with Crippen molar-refractivity contribution in [1.29, 1.82) is 0 Å². The number of nitrogens with zero attached hydrogens (tertiary/aromatic N) is 2. The topological polar surface area (TPSA) is 96.0 Å². The van der Waals surface area contributed by atoms with E-state index in [1.54, 1.807) is 25.1 Å². The zero-order valence-corrected chi connectivity index (χ0v) is 20.1. The maximum atomic E-state index is 13.1. The van der Waals surface area contributed by atoms with E-state index in [2.05, 4.69) is 5.32 Å². The van der Waals surface area contributed by atoms with Crippen LogP contribution in [0.4, 0.5) is 5.69 Å². The smallest absolute Gasteiger partial charge is 0.243 e. The summed E-state index contributed by atoms with van der Waals surface area (Å²) in [7, 11) is -3.58. The predicted octanol–water partition coefficient (Wildman–Crippen LogP) is 2.46. The molecule has 0 radical (unpaired) electrons. The Morgan fingerprint density at radius 1 is 1.19 bits per heavy atom. The Bertz CT molecular complexity index is 926. The van der Waals surface area contributed by atoms with Crippen LogP contribution in [-0.2, 0) is 30.8 Å². The van der Waals surface area contributed by atoms with Gasteiger partial charge in [0.15, 0.2) is 0 Å². The van der Waals surface area contributed by atoms with Gasteiger partial charge in [-0.05, 0) is 56.9 Å². The van der Waals surface area contributed by atoms with Gasteiger partial charge >= 0.3 is 0 Å². The number of piperidine rings is 1. The zero-order chi connectivity index (χ0) is 23.3. The fourth-order valence-corrected chi connectivity index (χ4v) is 5.82. The second-order valence-corrected chi connectivity index (χ2v) is 10.6. The van der Waals surface area contributed by atoms with Crippen LogP contribution >= 0.6 is 0 Å². The molecule has 32 heavy (non-hydrogen) atoms. The van der Waals surface area contributed by atoms with Crippen molar-refractivity contribution in [3.63, 3.8) is 0 Å². The van der Waals surface area contributed by atoms with E-state index in [9.17, 15) is 18.0 Å². The normalized spacial score (nSPS) is 19.2. The van der Waals surface area contributed by atoms with Crippen LogP contribution in [0.5, 0.6) is 0 Å². The highest BCUT2D eigenvalue weighted by Gasteiger charge is 2.38. The van der Waals surface area contributed by atoms with Gasteiger partial charge in [-0.3, -0.25) is 14.5 Å². The molecule has 178 valence electrons. The van der Waals surface area contributed by atoms with Crippen LogP contribution in [0.1, 0.15) is 58.4 Å². The summed E-state index contributed by atoms with van der Waals surface area (Å²) in [5.74, 6) is -0.383. The van der Waals surface area contributed by atoms with Crippen molar-refractivity contribution in [3.05, 3.63) is 23.8 Å². The summed E-state index contributed by atoms with van der Waals surface area (Å²) in [6.07, 6.45) is 4.18. The molecule has 1 atom stereocenters. The Morgan fingerprint density at radius 2 is 1.91 bits per heavy atom. The predicted molar refractivity (Wildman–Crippen MR) is 123 cm³/mol. The average Bonchev–Trinajstić information content (AvgIpc) is 3.17. The first-order valence-corrected chi connectivity index (χ1v) is 13.0. The van der Waals surface area contributed by atoms with Crippen LogP contribution in [0.2, 0.25) is 0 Å². The summed E-state index contributed by atoms with van der Waals surface area (Å²) in [5, 5.41) is 2.90. The molecule has 2 amide bonds. The summed E-state index contributed by atoms with van der Waals surface area (Å²) in [5.41, 5.74) is 1.34. The molecule has 2 aliphatic rings. The Hall–Kier alpha value is -1.97. The monoisotopic (exact) mass is 465 g/mol. The number of anilines is 1. The quantitative estimate of drug-likeness (QED) is 0.565.